The molecule has 1 heterocycles. The topological polar surface area (TPSA) is 104 Å². The van der Waals surface area contributed by atoms with E-state index in [1.807, 2.05) is 0 Å². The normalized spacial score (nSPS) is 11.4. The first kappa shape index (κ1) is 19.9. The number of rotatable bonds is 7. The summed E-state index contributed by atoms with van der Waals surface area (Å²) in [6, 6.07) is 7.75. The molecule has 0 spiro atoms. The number of allylic oxidation sites excluding steroid dienone is 1. The zero-order valence-corrected chi connectivity index (χ0v) is 16.4. The van der Waals surface area contributed by atoms with Crippen LogP contribution >= 0.6 is 0 Å². The summed E-state index contributed by atoms with van der Waals surface area (Å²) >= 11 is 0. The number of hydrogen-bond acceptors (Lipinski definition) is 6. The molecule has 0 radical (unpaired) electrons. The van der Waals surface area contributed by atoms with Crippen molar-refractivity contribution in [2.75, 3.05) is 21.3 Å². The van der Waals surface area contributed by atoms with Gasteiger partial charge in [0.25, 0.3) is 5.69 Å². The Morgan fingerprint density at radius 2 is 1.72 bits per heavy atom. The van der Waals surface area contributed by atoms with Crippen LogP contribution in [0.1, 0.15) is 22.8 Å². The fourth-order valence-electron chi connectivity index (χ4n) is 3.11. The summed E-state index contributed by atoms with van der Waals surface area (Å²) in [5, 5.41) is 11.7. The van der Waals surface area contributed by atoms with Gasteiger partial charge < -0.3 is 19.2 Å². The SMILES string of the molecule is COc1cc(C(=O)/C(C)=C/c2c[nH]c3cc([N+](=O)[O-])ccc23)cc(OC)c1OC. The lowest BCUT2D eigenvalue weighted by Gasteiger charge is -2.13. The molecule has 3 rings (SSSR count). The number of nitro benzene ring substituents is 1. The average molecular weight is 396 g/mol. The van der Waals surface area contributed by atoms with Gasteiger partial charge in [-0.15, -0.1) is 0 Å². The van der Waals surface area contributed by atoms with Crippen LogP contribution in [-0.2, 0) is 0 Å². The van der Waals surface area contributed by atoms with Crippen LogP contribution in [0.5, 0.6) is 17.2 Å². The van der Waals surface area contributed by atoms with Crippen molar-refractivity contribution < 1.29 is 23.9 Å². The van der Waals surface area contributed by atoms with Crippen LogP contribution in [0.3, 0.4) is 0 Å². The second-order valence-electron chi connectivity index (χ2n) is 6.30. The Bertz CT molecular complexity index is 1100. The van der Waals surface area contributed by atoms with Crippen LogP contribution in [0.15, 0.2) is 42.1 Å². The second-order valence-corrected chi connectivity index (χ2v) is 6.30. The highest BCUT2D eigenvalue weighted by Gasteiger charge is 2.18. The third-order valence-electron chi connectivity index (χ3n) is 4.57. The van der Waals surface area contributed by atoms with Crippen LogP contribution in [-0.4, -0.2) is 37.0 Å². The third-order valence-corrected chi connectivity index (χ3v) is 4.57. The maximum atomic E-state index is 13.0. The maximum absolute atomic E-state index is 13.0. The number of hydrogen-bond donors (Lipinski definition) is 1. The maximum Gasteiger partial charge on any atom is 0.271 e. The molecule has 2 aromatic carbocycles. The molecule has 0 atom stereocenters. The molecule has 29 heavy (non-hydrogen) atoms. The van der Waals surface area contributed by atoms with Crippen LogP contribution < -0.4 is 14.2 Å². The molecule has 0 bridgehead atoms. The molecule has 0 aliphatic heterocycles. The number of carbonyl (C=O) groups is 1. The molecule has 0 saturated heterocycles. The Kier molecular flexibility index (Phi) is 5.54. The number of benzene rings is 2. The Balaban J connectivity index is 1.99. The Hall–Kier alpha value is -3.81. The summed E-state index contributed by atoms with van der Waals surface area (Å²) in [6.07, 6.45) is 3.44. The molecule has 8 nitrogen and oxygen atoms in total. The summed E-state index contributed by atoms with van der Waals surface area (Å²) in [7, 11) is 4.47. The highest BCUT2D eigenvalue weighted by atomic mass is 16.6. The van der Waals surface area contributed by atoms with Crippen LogP contribution in [0.2, 0.25) is 0 Å². The van der Waals surface area contributed by atoms with Crippen molar-refractivity contribution in [2.45, 2.75) is 6.92 Å². The van der Waals surface area contributed by atoms with Crippen molar-refractivity contribution in [2.24, 2.45) is 0 Å². The van der Waals surface area contributed by atoms with Gasteiger partial charge in [0.1, 0.15) is 0 Å². The molecule has 1 N–H and O–H groups in total. The van der Waals surface area contributed by atoms with E-state index in [-0.39, 0.29) is 11.5 Å². The molecular formula is C21H20N2O6. The van der Waals surface area contributed by atoms with Gasteiger partial charge in [-0.2, -0.15) is 0 Å². The largest absolute Gasteiger partial charge is 0.493 e. The molecule has 8 heteroatoms. The fraction of sp³-hybridized carbons (Fsp3) is 0.190. The van der Waals surface area contributed by atoms with E-state index in [0.29, 0.717) is 33.9 Å². The van der Waals surface area contributed by atoms with Crippen molar-refractivity contribution in [3.8, 4) is 17.2 Å². The molecule has 150 valence electrons. The Morgan fingerprint density at radius 1 is 1.07 bits per heavy atom. The lowest BCUT2D eigenvalue weighted by atomic mass is 10.0. The highest BCUT2D eigenvalue weighted by molar-refractivity contribution is 6.12. The minimum Gasteiger partial charge on any atom is -0.493 e. The Morgan fingerprint density at radius 3 is 2.28 bits per heavy atom. The van der Waals surface area contributed by atoms with Crippen LogP contribution in [0.25, 0.3) is 17.0 Å². The van der Waals surface area contributed by atoms with Gasteiger partial charge in [0.05, 0.1) is 31.8 Å². The number of nitrogens with zero attached hydrogens (tertiary/aromatic N) is 1. The van der Waals surface area contributed by atoms with Crippen molar-refractivity contribution >= 4 is 28.4 Å². The summed E-state index contributed by atoms with van der Waals surface area (Å²) in [6.45, 7) is 1.70. The molecule has 0 aliphatic carbocycles. The molecule has 0 saturated carbocycles. The standard InChI is InChI=1S/C21H20N2O6/c1-12(7-14-11-22-17-10-15(23(25)26)5-6-16(14)17)20(24)13-8-18(27-2)21(29-4)19(9-13)28-3/h5-11,22H,1-4H3/b12-7+. The van der Waals surface area contributed by atoms with Gasteiger partial charge in [-0.05, 0) is 36.8 Å². The third kappa shape index (κ3) is 3.77. The smallest absolute Gasteiger partial charge is 0.271 e. The second kappa shape index (κ2) is 8.05. The molecule has 1 aromatic heterocycles. The van der Waals surface area contributed by atoms with Crippen LogP contribution in [0, 0.1) is 10.1 Å². The zero-order chi connectivity index (χ0) is 21.1. The number of H-pyrrole nitrogens is 1. The number of fused-ring (bicyclic) bond motifs is 1. The summed E-state index contributed by atoms with van der Waals surface area (Å²) < 4.78 is 15.9. The number of nitrogens with one attached hydrogen (secondary N) is 1. The van der Waals surface area contributed by atoms with E-state index in [1.165, 1.54) is 33.5 Å². The van der Waals surface area contributed by atoms with Crippen LogP contribution in [0.4, 0.5) is 5.69 Å². The predicted octanol–water partition coefficient (Wildman–Crippen LogP) is 4.39. The average Bonchev–Trinajstić information content (AvgIpc) is 3.13. The predicted molar refractivity (Wildman–Crippen MR) is 109 cm³/mol. The molecule has 0 aliphatic rings. The molecule has 0 unspecified atom stereocenters. The van der Waals surface area contributed by atoms with E-state index in [1.54, 1.807) is 37.4 Å². The van der Waals surface area contributed by atoms with Crippen molar-refractivity contribution in [1.82, 2.24) is 4.98 Å². The van der Waals surface area contributed by atoms with Gasteiger partial charge in [-0.25, -0.2) is 0 Å². The first-order chi connectivity index (χ1) is 13.9. The Labute approximate surface area is 166 Å². The van der Waals surface area contributed by atoms with Gasteiger partial charge in [0.15, 0.2) is 17.3 Å². The summed E-state index contributed by atoms with van der Waals surface area (Å²) in [4.78, 5) is 26.5. The van der Waals surface area contributed by atoms with Crippen molar-refractivity contribution in [3.05, 3.63) is 63.3 Å². The first-order valence-corrected chi connectivity index (χ1v) is 8.68. The fourth-order valence-corrected chi connectivity index (χ4v) is 3.11. The summed E-state index contributed by atoms with van der Waals surface area (Å²) in [5.41, 5.74) is 2.26. The number of Topliss-reactive ketones (excluding diaryl/α,β-unsaturated/α-hetero) is 1. The number of carbonyl (C=O) groups excluding carboxylic acids is 1. The van der Waals surface area contributed by atoms with E-state index in [2.05, 4.69) is 4.98 Å². The quantitative estimate of drug-likeness (QED) is 0.275. The monoisotopic (exact) mass is 396 g/mol. The van der Waals surface area contributed by atoms with Gasteiger partial charge in [-0.1, -0.05) is 0 Å². The van der Waals surface area contributed by atoms with Gasteiger partial charge in [-0.3, -0.25) is 14.9 Å². The first-order valence-electron chi connectivity index (χ1n) is 8.68. The number of nitro groups is 1. The zero-order valence-electron chi connectivity index (χ0n) is 16.4. The number of non-ortho nitro benzene ring substituents is 1. The number of ether oxygens (including phenoxy) is 3. The van der Waals surface area contributed by atoms with E-state index in [9.17, 15) is 14.9 Å². The minimum absolute atomic E-state index is 0.0000934. The van der Waals surface area contributed by atoms with Crippen molar-refractivity contribution in [3.63, 3.8) is 0 Å². The van der Waals surface area contributed by atoms with Gasteiger partial charge in [0, 0.05) is 34.8 Å². The van der Waals surface area contributed by atoms with Gasteiger partial charge >= 0.3 is 0 Å². The van der Waals surface area contributed by atoms with Crippen molar-refractivity contribution in [1.29, 1.82) is 0 Å². The number of ketones is 1. The van der Waals surface area contributed by atoms with Gasteiger partial charge in [0.2, 0.25) is 5.75 Å². The summed E-state index contributed by atoms with van der Waals surface area (Å²) in [5.74, 6) is 0.983. The number of aromatic nitrogens is 1. The molecule has 0 amide bonds. The van der Waals surface area contributed by atoms with E-state index in [4.69, 9.17) is 14.2 Å². The molecule has 3 aromatic rings. The lowest BCUT2D eigenvalue weighted by Crippen LogP contribution is -2.03. The highest BCUT2D eigenvalue weighted by Crippen LogP contribution is 2.38. The van der Waals surface area contributed by atoms with E-state index >= 15 is 0 Å². The lowest BCUT2D eigenvalue weighted by molar-refractivity contribution is -0.384. The number of aromatic amines is 1. The van der Waals surface area contributed by atoms with E-state index < -0.39 is 4.92 Å². The minimum atomic E-state index is -0.449. The van der Waals surface area contributed by atoms with E-state index in [0.717, 1.165) is 10.9 Å². The number of methoxy groups -OCH3 is 3. The molecule has 0 fully saturated rings. The molecular weight excluding hydrogens is 376 g/mol.